The van der Waals surface area contributed by atoms with Crippen LogP contribution < -0.4 is 21.7 Å². The van der Waals surface area contributed by atoms with Gasteiger partial charge in [-0.1, -0.05) is 0 Å². The maximum atomic E-state index is 5.41. The van der Waals surface area contributed by atoms with Crippen LogP contribution in [0.1, 0.15) is 12.8 Å². The number of rotatable bonds is 11. The molecule has 0 atom stereocenters. The average molecular weight is 330 g/mol. The van der Waals surface area contributed by atoms with Crippen LogP contribution in [-0.2, 0) is 0 Å². The lowest BCUT2D eigenvalue weighted by Gasteiger charge is -2.08. The number of anilines is 1. The molecule has 0 unspecified atom stereocenters. The Morgan fingerprint density at radius 3 is 2.42 bits per heavy atom. The monoisotopic (exact) mass is 329 g/mol. The van der Waals surface area contributed by atoms with Gasteiger partial charge in [-0.25, -0.2) is 0 Å². The Morgan fingerprint density at radius 1 is 1.00 bits per heavy atom. The second-order valence-corrected chi connectivity index (χ2v) is 5.23. The van der Waals surface area contributed by atoms with Gasteiger partial charge in [0.25, 0.3) is 0 Å². The largest absolute Gasteiger partial charge is 0.384 e. The summed E-state index contributed by atoms with van der Waals surface area (Å²) in [6, 6.07) is 2.03. The Kier molecular flexibility index (Phi) is 9.61. The predicted molar refractivity (Wildman–Crippen MR) is 84.5 cm³/mol. The summed E-state index contributed by atoms with van der Waals surface area (Å²) in [4.78, 5) is 4.11. The Morgan fingerprint density at radius 2 is 1.74 bits per heavy atom. The molecule has 1 aromatic rings. The summed E-state index contributed by atoms with van der Waals surface area (Å²) in [5, 5.41) is 10.1. The lowest BCUT2D eigenvalue weighted by Crippen LogP contribution is -2.29. The molecule has 19 heavy (non-hydrogen) atoms. The minimum Gasteiger partial charge on any atom is -0.384 e. The van der Waals surface area contributed by atoms with Crippen LogP contribution in [-0.4, -0.2) is 44.3 Å². The fourth-order valence-electron chi connectivity index (χ4n) is 1.61. The van der Waals surface area contributed by atoms with Gasteiger partial charge in [-0.05, 0) is 54.5 Å². The van der Waals surface area contributed by atoms with Gasteiger partial charge in [-0.3, -0.25) is 4.98 Å². The highest BCUT2D eigenvalue weighted by Gasteiger charge is 1.94. The third-order valence-corrected chi connectivity index (χ3v) is 3.03. The molecule has 5 N–H and O–H groups in total. The summed E-state index contributed by atoms with van der Waals surface area (Å²) in [6.45, 7) is 5.75. The number of nitrogens with zero attached hydrogens (tertiary/aromatic N) is 1. The van der Waals surface area contributed by atoms with Gasteiger partial charge in [0, 0.05) is 30.3 Å². The maximum absolute atomic E-state index is 5.41. The van der Waals surface area contributed by atoms with Gasteiger partial charge in [0.2, 0.25) is 0 Å². The number of hydrogen-bond acceptors (Lipinski definition) is 5. The van der Waals surface area contributed by atoms with Crippen LogP contribution in [0.5, 0.6) is 0 Å². The molecule has 1 heterocycles. The summed E-state index contributed by atoms with van der Waals surface area (Å²) in [7, 11) is 0. The first kappa shape index (κ1) is 16.4. The molecule has 1 aromatic heterocycles. The fraction of sp³-hybridized carbons (Fsp3) is 0.615. The Labute approximate surface area is 123 Å². The Bertz CT molecular complexity index is 335. The SMILES string of the molecule is NCCCNCCNCCCNc1cncc(Br)c1. The van der Waals surface area contributed by atoms with Crippen LogP contribution in [0, 0.1) is 0 Å². The topological polar surface area (TPSA) is 75.0 Å². The quantitative estimate of drug-likeness (QED) is 0.459. The summed E-state index contributed by atoms with van der Waals surface area (Å²) >= 11 is 3.40. The van der Waals surface area contributed by atoms with Crippen LogP contribution in [0.3, 0.4) is 0 Å². The molecule has 0 aliphatic carbocycles. The van der Waals surface area contributed by atoms with E-state index >= 15 is 0 Å². The Balaban J connectivity index is 1.89. The van der Waals surface area contributed by atoms with Crippen LogP contribution >= 0.6 is 15.9 Å². The van der Waals surface area contributed by atoms with Crippen LogP contribution in [0.4, 0.5) is 5.69 Å². The second kappa shape index (κ2) is 11.2. The Hall–Kier alpha value is -0.690. The molecule has 0 saturated heterocycles. The molecule has 0 aliphatic heterocycles. The smallest absolute Gasteiger partial charge is 0.0538 e. The van der Waals surface area contributed by atoms with Crippen molar-refractivity contribution in [3.05, 3.63) is 22.9 Å². The number of aromatic nitrogens is 1. The number of nitrogens with one attached hydrogen (secondary N) is 3. The van der Waals surface area contributed by atoms with Gasteiger partial charge in [-0.2, -0.15) is 0 Å². The second-order valence-electron chi connectivity index (χ2n) is 4.31. The van der Waals surface area contributed by atoms with Crippen molar-refractivity contribution < 1.29 is 0 Å². The van der Waals surface area contributed by atoms with E-state index in [1.807, 2.05) is 12.3 Å². The first-order chi connectivity index (χ1) is 9.33. The van der Waals surface area contributed by atoms with E-state index in [4.69, 9.17) is 5.73 Å². The molecule has 0 bridgehead atoms. The van der Waals surface area contributed by atoms with Crippen molar-refractivity contribution in [1.82, 2.24) is 15.6 Å². The number of hydrogen-bond donors (Lipinski definition) is 4. The van der Waals surface area contributed by atoms with Gasteiger partial charge in [0.05, 0.1) is 11.9 Å². The van der Waals surface area contributed by atoms with E-state index in [9.17, 15) is 0 Å². The maximum Gasteiger partial charge on any atom is 0.0538 e. The van der Waals surface area contributed by atoms with E-state index < -0.39 is 0 Å². The number of pyridine rings is 1. The molecule has 0 radical (unpaired) electrons. The minimum absolute atomic E-state index is 0.760. The van der Waals surface area contributed by atoms with Gasteiger partial charge in [-0.15, -0.1) is 0 Å². The molecule has 5 nitrogen and oxygen atoms in total. The van der Waals surface area contributed by atoms with Gasteiger partial charge >= 0.3 is 0 Å². The van der Waals surface area contributed by atoms with Crippen molar-refractivity contribution in [3.8, 4) is 0 Å². The van der Waals surface area contributed by atoms with E-state index in [-0.39, 0.29) is 0 Å². The summed E-state index contributed by atoms with van der Waals surface area (Å²) in [6.07, 6.45) is 5.75. The van der Waals surface area contributed by atoms with Crippen molar-refractivity contribution in [2.75, 3.05) is 44.6 Å². The van der Waals surface area contributed by atoms with Crippen LogP contribution in [0.15, 0.2) is 22.9 Å². The third kappa shape index (κ3) is 8.93. The van der Waals surface area contributed by atoms with E-state index in [0.717, 1.165) is 62.3 Å². The highest BCUT2D eigenvalue weighted by atomic mass is 79.9. The standard InChI is InChI=1S/C13H24BrN5/c14-12-9-13(11-18-10-12)19-6-2-5-17-8-7-16-4-1-3-15/h9-11,16-17,19H,1-8,15H2. The summed E-state index contributed by atoms with van der Waals surface area (Å²) in [5.41, 5.74) is 6.47. The van der Waals surface area contributed by atoms with Crippen LogP contribution in [0.2, 0.25) is 0 Å². The summed E-state index contributed by atoms with van der Waals surface area (Å²) < 4.78 is 0.999. The molecule has 0 amide bonds. The van der Waals surface area contributed by atoms with Gasteiger partial charge in [0.15, 0.2) is 0 Å². The van der Waals surface area contributed by atoms with E-state index in [1.165, 1.54) is 0 Å². The van der Waals surface area contributed by atoms with Crippen molar-refractivity contribution in [1.29, 1.82) is 0 Å². The summed E-state index contributed by atoms with van der Waals surface area (Å²) in [5.74, 6) is 0. The minimum atomic E-state index is 0.760. The zero-order valence-electron chi connectivity index (χ0n) is 11.3. The van der Waals surface area contributed by atoms with Crippen molar-refractivity contribution in [3.63, 3.8) is 0 Å². The lowest BCUT2D eigenvalue weighted by atomic mass is 10.3. The van der Waals surface area contributed by atoms with E-state index in [2.05, 4.69) is 36.9 Å². The van der Waals surface area contributed by atoms with E-state index in [0.29, 0.717) is 0 Å². The molecular formula is C13H24BrN5. The van der Waals surface area contributed by atoms with Gasteiger partial charge in [0.1, 0.15) is 0 Å². The zero-order valence-corrected chi connectivity index (χ0v) is 12.9. The molecule has 0 aromatic carbocycles. The first-order valence-corrected chi connectivity index (χ1v) is 7.58. The molecule has 6 heteroatoms. The molecule has 1 rings (SSSR count). The number of nitrogens with two attached hydrogens (primary N) is 1. The molecule has 0 aliphatic rings. The highest BCUT2D eigenvalue weighted by molar-refractivity contribution is 9.10. The average Bonchev–Trinajstić information content (AvgIpc) is 2.41. The molecule has 0 saturated carbocycles. The molecule has 0 spiro atoms. The fourth-order valence-corrected chi connectivity index (χ4v) is 1.97. The first-order valence-electron chi connectivity index (χ1n) is 6.79. The molecule has 108 valence electrons. The van der Waals surface area contributed by atoms with Crippen LogP contribution in [0.25, 0.3) is 0 Å². The van der Waals surface area contributed by atoms with Crippen molar-refractivity contribution >= 4 is 21.6 Å². The van der Waals surface area contributed by atoms with Crippen molar-refractivity contribution in [2.24, 2.45) is 5.73 Å². The molecule has 0 fully saturated rings. The molecular weight excluding hydrogens is 306 g/mol. The van der Waals surface area contributed by atoms with E-state index in [1.54, 1.807) is 6.20 Å². The van der Waals surface area contributed by atoms with Crippen molar-refractivity contribution in [2.45, 2.75) is 12.8 Å². The normalized spacial score (nSPS) is 10.6. The zero-order chi connectivity index (χ0) is 13.8. The third-order valence-electron chi connectivity index (χ3n) is 2.60. The van der Waals surface area contributed by atoms with Gasteiger partial charge < -0.3 is 21.7 Å². The number of halogens is 1. The highest BCUT2D eigenvalue weighted by Crippen LogP contribution is 2.13. The lowest BCUT2D eigenvalue weighted by molar-refractivity contribution is 0.592. The predicted octanol–water partition coefficient (Wildman–Crippen LogP) is 1.17.